The molecule has 1 fully saturated rings. The Morgan fingerprint density at radius 2 is 2.05 bits per heavy atom. The summed E-state index contributed by atoms with van der Waals surface area (Å²) < 4.78 is 1.02. The Balaban J connectivity index is 1.84. The third-order valence-corrected chi connectivity index (χ3v) is 3.96. The Hall–Kier alpha value is -1.36. The molecule has 0 aromatic heterocycles. The molecule has 2 rings (SSSR count). The van der Waals surface area contributed by atoms with Gasteiger partial charge in [0.25, 0.3) is 0 Å². The SMILES string of the molecule is CC(CNC(=O)C1CC1c1ccc(Br)cc1)C(=O)O. The number of carbonyl (C=O) groups excluding carboxylic acids is 1. The molecular formula is C14H16BrNO3. The predicted molar refractivity (Wildman–Crippen MR) is 74.8 cm³/mol. The number of amides is 1. The molecule has 1 aliphatic rings. The van der Waals surface area contributed by atoms with E-state index < -0.39 is 11.9 Å². The van der Waals surface area contributed by atoms with Crippen LogP contribution in [0.15, 0.2) is 28.7 Å². The van der Waals surface area contributed by atoms with E-state index in [1.165, 1.54) is 0 Å². The van der Waals surface area contributed by atoms with E-state index in [1.54, 1.807) is 6.92 Å². The first-order valence-electron chi connectivity index (χ1n) is 6.25. The van der Waals surface area contributed by atoms with Gasteiger partial charge in [-0.2, -0.15) is 0 Å². The molecule has 0 saturated heterocycles. The normalized spacial score (nSPS) is 22.6. The molecule has 19 heavy (non-hydrogen) atoms. The predicted octanol–water partition coefficient (Wildman–Crippen LogP) is 2.39. The molecule has 1 saturated carbocycles. The summed E-state index contributed by atoms with van der Waals surface area (Å²) in [6.45, 7) is 1.78. The zero-order chi connectivity index (χ0) is 14.0. The number of carbonyl (C=O) groups is 2. The van der Waals surface area contributed by atoms with Crippen LogP contribution >= 0.6 is 15.9 Å². The molecule has 1 amide bonds. The molecule has 1 aromatic carbocycles. The molecule has 0 bridgehead atoms. The van der Waals surface area contributed by atoms with Crippen molar-refractivity contribution in [1.29, 1.82) is 0 Å². The number of benzene rings is 1. The van der Waals surface area contributed by atoms with Gasteiger partial charge in [-0.15, -0.1) is 0 Å². The first-order valence-corrected chi connectivity index (χ1v) is 7.04. The molecule has 3 atom stereocenters. The number of carboxylic acids is 1. The highest BCUT2D eigenvalue weighted by molar-refractivity contribution is 9.10. The summed E-state index contributed by atoms with van der Waals surface area (Å²) >= 11 is 3.38. The van der Waals surface area contributed by atoms with Crippen molar-refractivity contribution in [3.05, 3.63) is 34.3 Å². The molecule has 1 aromatic rings. The van der Waals surface area contributed by atoms with Crippen LogP contribution in [-0.4, -0.2) is 23.5 Å². The number of aliphatic carboxylic acids is 1. The van der Waals surface area contributed by atoms with E-state index in [4.69, 9.17) is 5.11 Å². The Kier molecular flexibility index (Phi) is 4.24. The average molecular weight is 326 g/mol. The second kappa shape index (κ2) is 5.74. The smallest absolute Gasteiger partial charge is 0.308 e. The lowest BCUT2D eigenvalue weighted by molar-refractivity contribution is -0.141. The maximum atomic E-state index is 11.9. The van der Waals surface area contributed by atoms with E-state index in [0.29, 0.717) is 0 Å². The van der Waals surface area contributed by atoms with Gasteiger partial charge in [0.05, 0.1) is 5.92 Å². The molecule has 0 radical (unpaired) electrons. The van der Waals surface area contributed by atoms with Crippen LogP contribution in [0, 0.1) is 11.8 Å². The van der Waals surface area contributed by atoms with Crippen molar-refractivity contribution in [2.24, 2.45) is 11.8 Å². The third-order valence-electron chi connectivity index (χ3n) is 3.43. The van der Waals surface area contributed by atoms with Gasteiger partial charge in [-0.3, -0.25) is 9.59 Å². The lowest BCUT2D eigenvalue weighted by Gasteiger charge is -2.08. The number of rotatable bonds is 5. The molecule has 4 nitrogen and oxygen atoms in total. The van der Waals surface area contributed by atoms with Crippen molar-refractivity contribution < 1.29 is 14.7 Å². The van der Waals surface area contributed by atoms with E-state index in [9.17, 15) is 9.59 Å². The number of halogens is 1. The monoisotopic (exact) mass is 325 g/mol. The van der Waals surface area contributed by atoms with Crippen LogP contribution in [0.5, 0.6) is 0 Å². The minimum absolute atomic E-state index is 0.0119. The topological polar surface area (TPSA) is 66.4 Å². The molecule has 0 spiro atoms. The molecule has 0 heterocycles. The van der Waals surface area contributed by atoms with Crippen molar-refractivity contribution >= 4 is 27.8 Å². The summed E-state index contributed by atoms with van der Waals surface area (Å²) in [4.78, 5) is 22.5. The van der Waals surface area contributed by atoms with Gasteiger partial charge in [-0.1, -0.05) is 35.0 Å². The Morgan fingerprint density at radius 3 is 2.63 bits per heavy atom. The fourth-order valence-corrected chi connectivity index (χ4v) is 2.30. The first kappa shape index (κ1) is 14.1. The second-order valence-corrected chi connectivity index (χ2v) is 5.90. The number of hydrogen-bond donors (Lipinski definition) is 2. The summed E-state index contributed by atoms with van der Waals surface area (Å²) in [5.74, 6) is -1.22. The van der Waals surface area contributed by atoms with Crippen LogP contribution in [-0.2, 0) is 9.59 Å². The van der Waals surface area contributed by atoms with Crippen LogP contribution in [0.25, 0.3) is 0 Å². The van der Waals surface area contributed by atoms with E-state index in [1.807, 2.05) is 24.3 Å². The van der Waals surface area contributed by atoms with Gasteiger partial charge in [-0.05, 0) is 30.0 Å². The minimum Gasteiger partial charge on any atom is -0.481 e. The largest absolute Gasteiger partial charge is 0.481 e. The van der Waals surface area contributed by atoms with Crippen LogP contribution in [0.3, 0.4) is 0 Å². The van der Waals surface area contributed by atoms with E-state index in [0.717, 1.165) is 16.5 Å². The van der Waals surface area contributed by atoms with Crippen LogP contribution in [0.2, 0.25) is 0 Å². The number of hydrogen-bond acceptors (Lipinski definition) is 2. The maximum Gasteiger partial charge on any atom is 0.308 e. The van der Waals surface area contributed by atoms with Gasteiger partial charge in [-0.25, -0.2) is 0 Å². The molecular weight excluding hydrogens is 310 g/mol. The fraction of sp³-hybridized carbons (Fsp3) is 0.429. The van der Waals surface area contributed by atoms with Crippen LogP contribution < -0.4 is 5.32 Å². The Labute approximate surface area is 120 Å². The lowest BCUT2D eigenvalue weighted by atomic mass is 10.1. The lowest BCUT2D eigenvalue weighted by Crippen LogP contribution is -2.32. The standard InChI is InChI=1S/C14H16BrNO3/c1-8(14(18)19)7-16-13(17)12-6-11(12)9-2-4-10(15)5-3-9/h2-5,8,11-12H,6-7H2,1H3,(H,16,17)(H,18,19). The van der Waals surface area contributed by atoms with Crippen molar-refractivity contribution in [3.8, 4) is 0 Å². The van der Waals surface area contributed by atoms with E-state index in [-0.39, 0.29) is 24.3 Å². The summed E-state index contributed by atoms with van der Waals surface area (Å²) in [7, 11) is 0. The summed E-state index contributed by atoms with van der Waals surface area (Å²) in [5, 5.41) is 11.5. The first-order chi connectivity index (χ1) is 8.99. The molecule has 5 heteroatoms. The number of nitrogens with one attached hydrogen (secondary N) is 1. The Morgan fingerprint density at radius 1 is 1.42 bits per heavy atom. The van der Waals surface area contributed by atoms with Gasteiger partial charge in [0.1, 0.15) is 0 Å². The van der Waals surface area contributed by atoms with Gasteiger partial charge in [0.2, 0.25) is 5.91 Å². The van der Waals surface area contributed by atoms with Gasteiger partial charge in [0.15, 0.2) is 0 Å². The average Bonchev–Trinajstić information content (AvgIpc) is 3.16. The zero-order valence-corrected chi connectivity index (χ0v) is 12.2. The van der Waals surface area contributed by atoms with Gasteiger partial charge < -0.3 is 10.4 Å². The van der Waals surface area contributed by atoms with Crippen LogP contribution in [0.4, 0.5) is 0 Å². The quantitative estimate of drug-likeness (QED) is 0.873. The fourth-order valence-electron chi connectivity index (χ4n) is 2.04. The highest BCUT2D eigenvalue weighted by Crippen LogP contribution is 2.47. The highest BCUT2D eigenvalue weighted by atomic mass is 79.9. The second-order valence-electron chi connectivity index (χ2n) is 4.98. The van der Waals surface area contributed by atoms with E-state index >= 15 is 0 Å². The van der Waals surface area contributed by atoms with E-state index in [2.05, 4.69) is 21.2 Å². The molecule has 102 valence electrons. The number of carboxylic acid groups (broad SMARTS) is 1. The molecule has 3 unspecified atom stereocenters. The maximum absolute atomic E-state index is 11.9. The summed E-state index contributed by atoms with van der Waals surface area (Å²) in [6.07, 6.45) is 0.842. The Bertz CT molecular complexity index is 486. The van der Waals surface area contributed by atoms with Gasteiger partial charge in [0, 0.05) is 16.9 Å². The molecule has 2 N–H and O–H groups in total. The zero-order valence-electron chi connectivity index (χ0n) is 10.6. The van der Waals surface area contributed by atoms with Crippen molar-refractivity contribution in [3.63, 3.8) is 0 Å². The molecule has 1 aliphatic carbocycles. The van der Waals surface area contributed by atoms with Gasteiger partial charge >= 0.3 is 5.97 Å². The third kappa shape index (κ3) is 3.56. The highest BCUT2D eigenvalue weighted by Gasteiger charge is 2.43. The summed E-state index contributed by atoms with van der Waals surface area (Å²) in [5.41, 5.74) is 1.16. The van der Waals surface area contributed by atoms with Crippen molar-refractivity contribution in [2.75, 3.05) is 6.54 Å². The molecule has 0 aliphatic heterocycles. The van der Waals surface area contributed by atoms with Crippen molar-refractivity contribution in [1.82, 2.24) is 5.32 Å². The van der Waals surface area contributed by atoms with Crippen molar-refractivity contribution in [2.45, 2.75) is 19.3 Å². The minimum atomic E-state index is -0.888. The summed E-state index contributed by atoms with van der Waals surface area (Å²) in [6, 6.07) is 7.97. The van der Waals surface area contributed by atoms with Crippen LogP contribution in [0.1, 0.15) is 24.8 Å².